The van der Waals surface area contributed by atoms with E-state index in [-0.39, 0.29) is 5.02 Å². The Morgan fingerprint density at radius 2 is 1.95 bits per heavy atom. The third-order valence-corrected chi connectivity index (χ3v) is 4.12. The van der Waals surface area contributed by atoms with E-state index in [4.69, 9.17) is 23.8 Å². The van der Waals surface area contributed by atoms with E-state index >= 15 is 0 Å². The molecule has 0 fully saturated rings. The van der Waals surface area contributed by atoms with Gasteiger partial charge in [-0.25, -0.2) is 4.39 Å². The largest absolute Gasteiger partial charge is 0.330 e. The van der Waals surface area contributed by atoms with E-state index in [9.17, 15) is 4.39 Å². The number of benzene rings is 2. The van der Waals surface area contributed by atoms with Crippen LogP contribution in [0.3, 0.4) is 0 Å². The predicted octanol–water partition coefficient (Wildman–Crippen LogP) is 5.12. The lowest BCUT2D eigenvalue weighted by Gasteiger charge is -2.05. The normalized spacial score (nSPS) is 11.1. The maximum atomic E-state index is 13.5. The van der Waals surface area contributed by atoms with Gasteiger partial charge in [-0.05, 0) is 36.7 Å². The van der Waals surface area contributed by atoms with Crippen LogP contribution in [0.4, 0.5) is 4.39 Å². The smallest absolute Gasteiger partial charge is 0.178 e. The maximum Gasteiger partial charge on any atom is 0.178 e. The molecule has 0 aliphatic heterocycles. The molecular weight excluding hydrogens is 307 g/mol. The zero-order valence-corrected chi connectivity index (χ0v) is 12.8. The second-order valence-corrected chi connectivity index (χ2v) is 5.75. The number of aryl methyl sites for hydroxylation is 2. The van der Waals surface area contributed by atoms with E-state index in [1.54, 1.807) is 6.07 Å². The quantitative estimate of drug-likeness (QED) is 0.661. The number of imidazole rings is 1. The van der Waals surface area contributed by atoms with Crippen LogP contribution in [0, 0.1) is 10.6 Å². The molecule has 108 valence electrons. The number of aromatic amines is 1. The van der Waals surface area contributed by atoms with Gasteiger partial charge in [0.05, 0.1) is 16.1 Å². The number of halogens is 2. The summed E-state index contributed by atoms with van der Waals surface area (Å²) in [6.45, 7) is 0.774. The van der Waals surface area contributed by atoms with Crippen LogP contribution in [0.1, 0.15) is 12.0 Å². The molecule has 21 heavy (non-hydrogen) atoms. The first-order chi connectivity index (χ1) is 10.1. The molecule has 0 unspecified atom stereocenters. The molecule has 0 saturated carbocycles. The molecule has 0 radical (unpaired) electrons. The molecule has 5 heteroatoms. The summed E-state index contributed by atoms with van der Waals surface area (Å²) in [7, 11) is 0. The van der Waals surface area contributed by atoms with E-state index in [0.717, 1.165) is 24.9 Å². The Morgan fingerprint density at radius 1 is 1.19 bits per heavy atom. The lowest BCUT2D eigenvalue weighted by Crippen LogP contribution is -2.00. The fraction of sp³-hybridized carbons (Fsp3) is 0.188. The first-order valence-corrected chi connectivity index (χ1v) is 7.55. The Bertz CT molecular complexity index is 823. The minimum absolute atomic E-state index is 0.119. The van der Waals surface area contributed by atoms with Gasteiger partial charge in [-0.3, -0.25) is 0 Å². The van der Waals surface area contributed by atoms with Crippen LogP contribution in [-0.2, 0) is 13.0 Å². The van der Waals surface area contributed by atoms with Gasteiger partial charge in [-0.1, -0.05) is 41.9 Å². The van der Waals surface area contributed by atoms with Crippen LogP contribution < -0.4 is 0 Å². The van der Waals surface area contributed by atoms with Gasteiger partial charge >= 0.3 is 0 Å². The topological polar surface area (TPSA) is 20.7 Å². The molecule has 2 nitrogen and oxygen atoms in total. The summed E-state index contributed by atoms with van der Waals surface area (Å²) >= 11 is 11.2. The molecule has 1 aromatic heterocycles. The van der Waals surface area contributed by atoms with Gasteiger partial charge in [0.25, 0.3) is 0 Å². The van der Waals surface area contributed by atoms with E-state index in [1.165, 1.54) is 11.6 Å². The molecule has 0 aliphatic rings. The summed E-state index contributed by atoms with van der Waals surface area (Å²) < 4.78 is 16.0. The summed E-state index contributed by atoms with van der Waals surface area (Å²) in [6.07, 6.45) is 1.94. The van der Waals surface area contributed by atoms with Crippen molar-refractivity contribution in [1.29, 1.82) is 0 Å². The Kier molecular flexibility index (Phi) is 4.08. The zero-order chi connectivity index (χ0) is 14.8. The average Bonchev–Trinajstić information content (AvgIpc) is 2.76. The highest BCUT2D eigenvalue weighted by molar-refractivity contribution is 7.71. The molecule has 3 aromatic rings. The average molecular weight is 321 g/mol. The van der Waals surface area contributed by atoms with Gasteiger partial charge < -0.3 is 9.55 Å². The van der Waals surface area contributed by atoms with Crippen molar-refractivity contribution in [3.8, 4) is 0 Å². The van der Waals surface area contributed by atoms with E-state index in [1.807, 2.05) is 22.8 Å². The fourth-order valence-corrected chi connectivity index (χ4v) is 2.92. The van der Waals surface area contributed by atoms with Crippen LogP contribution in [0.15, 0.2) is 42.5 Å². The molecule has 1 heterocycles. The van der Waals surface area contributed by atoms with Crippen molar-refractivity contribution >= 4 is 34.9 Å². The van der Waals surface area contributed by atoms with Crippen molar-refractivity contribution in [3.63, 3.8) is 0 Å². The van der Waals surface area contributed by atoms with Gasteiger partial charge in [0, 0.05) is 12.6 Å². The number of hydrogen-bond donors (Lipinski definition) is 1. The monoisotopic (exact) mass is 320 g/mol. The van der Waals surface area contributed by atoms with Crippen molar-refractivity contribution in [2.75, 3.05) is 0 Å². The minimum Gasteiger partial charge on any atom is -0.330 e. The fourth-order valence-electron chi connectivity index (χ4n) is 2.46. The number of aromatic nitrogens is 2. The Hall–Kier alpha value is -1.65. The van der Waals surface area contributed by atoms with Gasteiger partial charge in [-0.2, -0.15) is 0 Å². The molecule has 0 atom stereocenters. The Balaban J connectivity index is 1.82. The van der Waals surface area contributed by atoms with E-state index in [0.29, 0.717) is 10.3 Å². The summed E-state index contributed by atoms with van der Waals surface area (Å²) in [5.74, 6) is -0.433. The van der Waals surface area contributed by atoms with Gasteiger partial charge in [0.2, 0.25) is 0 Å². The third kappa shape index (κ3) is 3.01. The second kappa shape index (κ2) is 6.00. The maximum absolute atomic E-state index is 13.5. The highest BCUT2D eigenvalue weighted by Crippen LogP contribution is 2.23. The molecular formula is C16H14ClFN2S. The summed E-state index contributed by atoms with van der Waals surface area (Å²) in [4.78, 5) is 3.02. The number of nitrogens with one attached hydrogen (secondary N) is 1. The third-order valence-electron chi connectivity index (χ3n) is 3.51. The second-order valence-electron chi connectivity index (χ2n) is 4.95. The number of nitrogens with zero attached hydrogens (tertiary/aromatic N) is 1. The molecule has 0 amide bonds. The zero-order valence-electron chi connectivity index (χ0n) is 11.3. The standard InChI is InChI=1S/C16H14ClFN2S/c17-12-9-15-14(10-13(12)18)19-16(21)20(15)8-4-7-11-5-2-1-3-6-11/h1-3,5-6,9-10H,4,7-8H2,(H,19,21). The molecule has 2 aromatic carbocycles. The molecule has 3 rings (SSSR count). The first-order valence-electron chi connectivity index (χ1n) is 6.76. The van der Waals surface area contributed by atoms with Gasteiger partial charge in [0.1, 0.15) is 5.82 Å². The Morgan fingerprint density at radius 3 is 2.71 bits per heavy atom. The number of fused-ring (bicyclic) bond motifs is 1. The van der Waals surface area contributed by atoms with Crippen LogP contribution in [0.2, 0.25) is 5.02 Å². The van der Waals surface area contributed by atoms with Crippen LogP contribution in [0.5, 0.6) is 0 Å². The number of hydrogen-bond acceptors (Lipinski definition) is 1. The molecule has 0 saturated heterocycles. The molecule has 0 spiro atoms. The molecule has 1 N–H and O–H groups in total. The van der Waals surface area contributed by atoms with Crippen LogP contribution >= 0.6 is 23.8 Å². The highest BCUT2D eigenvalue weighted by atomic mass is 35.5. The van der Waals surface area contributed by atoms with Crippen molar-refractivity contribution < 1.29 is 4.39 Å². The Labute approximate surface area is 132 Å². The van der Waals surface area contributed by atoms with Gasteiger partial charge in [-0.15, -0.1) is 0 Å². The van der Waals surface area contributed by atoms with Crippen LogP contribution in [-0.4, -0.2) is 9.55 Å². The lowest BCUT2D eigenvalue weighted by atomic mass is 10.1. The number of rotatable bonds is 4. The van der Waals surface area contributed by atoms with Crippen molar-refractivity contribution in [1.82, 2.24) is 9.55 Å². The summed E-state index contributed by atoms with van der Waals surface area (Å²) in [5.41, 5.74) is 2.83. The summed E-state index contributed by atoms with van der Waals surface area (Å²) in [6, 6.07) is 13.3. The first kappa shape index (κ1) is 14.3. The van der Waals surface area contributed by atoms with E-state index in [2.05, 4.69) is 17.1 Å². The lowest BCUT2D eigenvalue weighted by molar-refractivity contribution is 0.629. The highest BCUT2D eigenvalue weighted by Gasteiger charge is 2.08. The van der Waals surface area contributed by atoms with Crippen molar-refractivity contribution in [2.45, 2.75) is 19.4 Å². The SMILES string of the molecule is Fc1cc2[nH]c(=S)n(CCCc3ccccc3)c2cc1Cl. The van der Waals surface area contributed by atoms with Gasteiger partial charge in [0.15, 0.2) is 4.77 Å². The van der Waals surface area contributed by atoms with E-state index < -0.39 is 5.82 Å². The summed E-state index contributed by atoms with van der Waals surface area (Å²) in [5, 5.41) is 0.119. The predicted molar refractivity (Wildman–Crippen MR) is 86.9 cm³/mol. The molecule has 0 bridgehead atoms. The van der Waals surface area contributed by atoms with Crippen molar-refractivity contribution in [2.24, 2.45) is 0 Å². The van der Waals surface area contributed by atoms with Crippen LogP contribution in [0.25, 0.3) is 11.0 Å². The minimum atomic E-state index is -0.433. The molecule has 0 aliphatic carbocycles. The van der Waals surface area contributed by atoms with Crippen molar-refractivity contribution in [3.05, 3.63) is 63.6 Å². The number of H-pyrrole nitrogens is 1.